The van der Waals surface area contributed by atoms with Gasteiger partial charge in [0.1, 0.15) is 0 Å². The molecule has 0 saturated carbocycles. The lowest BCUT2D eigenvalue weighted by Gasteiger charge is -2.02. The van der Waals surface area contributed by atoms with E-state index in [9.17, 15) is 4.79 Å². The molecule has 0 atom stereocenters. The number of thioether (sulfide) groups is 1. The standard InChI is InChI=1S/C16H13BrClN3O3S/c17-13-8-7-12(23-13)15-20-21-16(24-15)19-14(22)2-1-9-25-11-5-3-10(18)4-6-11/h3-8H,1-2,9H2,(H,19,21,22). The minimum absolute atomic E-state index is 0.0536. The number of furan rings is 1. The Morgan fingerprint density at radius 2 is 1.96 bits per heavy atom. The van der Waals surface area contributed by atoms with Gasteiger partial charge in [-0.2, -0.15) is 0 Å². The van der Waals surface area contributed by atoms with Gasteiger partial charge in [-0.1, -0.05) is 16.7 Å². The number of benzene rings is 1. The maximum absolute atomic E-state index is 11.9. The summed E-state index contributed by atoms with van der Waals surface area (Å²) in [6.07, 6.45) is 1.09. The fraction of sp³-hybridized carbons (Fsp3) is 0.188. The van der Waals surface area contributed by atoms with Gasteiger partial charge in [-0.15, -0.1) is 16.9 Å². The maximum Gasteiger partial charge on any atom is 0.322 e. The number of rotatable bonds is 7. The Labute approximate surface area is 161 Å². The molecule has 0 fully saturated rings. The highest BCUT2D eigenvalue weighted by Gasteiger charge is 2.14. The van der Waals surface area contributed by atoms with Crippen molar-refractivity contribution in [2.45, 2.75) is 17.7 Å². The predicted octanol–water partition coefficient (Wildman–Crippen LogP) is 5.26. The molecule has 25 heavy (non-hydrogen) atoms. The van der Waals surface area contributed by atoms with Crippen LogP contribution in [0.1, 0.15) is 12.8 Å². The summed E-state index contributed by atoms with van der Waals surface area (Å²) < 4.78 is 11.2. The van der Waals surface area contributed by atoms with Crippen LogP contribution < -0.4 is 5.32 Å². The summed E-state index contributed by atoms with van der Waals surface area (Å²) in [6, 6.07) is 11.1. The highest BCUT2D eigenvalue weighted by molar-refractivity contribution is 9.10. The van der Waals surface area contributed by atoms with Crippen LogP contribution in [0, 0.1) is 0 Å². The first kappa shape index (κ1) is 18.0. The number of anilines is 1. The molecule has 0 aliphatic rings. The zero-order chi connectivity index (χ0) is 17.6. The predicted molar refractivity (Wildman–Crippen MR) is 99.7 cm³/mol. The van der Waals surface area contributed by atoms with Crippen molar-refractivity contribution < 1.29 is 13.6 Å². The summed E-state index contributed by atoms with van der Waals surface area (Å²) in [5.41, 5.74) is 0. The quantitative estimate of drug-likeness (QED) is 0.397. The Kier molecular flexibility index (Phi) is 6.17. The largest absolute Gasteiger partial charge is 0.444 e. The Balaban J connectivity index is 1.42. The summed E-state index contributed by atoms with van der Waals surface area (Å²) in [4.78, 5) is 13.0. The molecule has 0 aliphatic heterocycles. The fourth-order valence-electron chi connectivity index (χ4n) is 1.94. The van der Waals surface area contributed by atoms with Gasteiger partial charge < -0.3 is 8.83 Å². The Hall–Kier alpha value is -1.77. The first-order valence-corrected chi connectivity index (χ1v) is 9.53. The molecule has 1 amide bonds. The van der Waals surface area contributed by atoms with E-state index in [1.807, 2.05) is 24.3 Å². The van der Waals surface area contributed by atoms with E-state index in [1.165, 1.54) is 0 Å². The number of hydrogen-bond acceptors (Lipinski definition) is 6. The monoisotopic (exact) mass is 441 g/mol. The number of carbonyl (C=O) groups excluding carboxylic acids is 1. The smallest absolute Gasteiger partial charge is 0.322 e. The molecule has 9 heteroatoms. The van der Waals surface area contributed by atoms with Gasteiger partial charge in [0.15, 0.2) is 10.4 Å². The highest BCUT2D eigenvalue weighted by atomic mass is 79.9. The molecule has 0 bridgehead atoms. The van der Waals surface area contributed by atoms with E-state index in [0.717, 1.165) is 17.1 Å². The van der Waals surface area contributed by atoms with Gasteiger partial charge in [-0.3, -0.25) is 10.1 Å². The molecule has 6 nitrogen and oxygen atoms in total. The van der Waals surface area contributed by atoms with Crippen molar-refractivity contribution in [2.24, 2.45) is 0 Å². The minimum atomic E-state index is -0.174. The molecule has 1 N–H and O–H groups in total. The third-order valence-corrected chi connectivity index (χ3v) is 4.86. The molecule has 0 unspecified atom stereocenters. The van der Waals surface area contributed by atoms with E-state index in [2.05, 4.69) is 31.4 Å². The summed E-state index contributed by atoms with van der Waals surface area (Å²) in [6.45, 7) is 0. The normalized spacial score (nSPS) is 10.8. The maximum atomic E-state index is 11.9. The van der Waals surface area contributed by atoms with Crippen LogP contribution in [-0.4, -0.2) is 21.9 Å². The molecule has 0 saturated heterocycles. The molecule has 0 aliphatic carbocycles. The van der Waals surface area contributed by atoms with Gasteiger partial charge in [-0.05, 0) is 64.5 Å². The van der Waals surface area contributed by atoms with Gasteiger partial charge in [0.25, 0.3) is 5.89 Å². The van der Waals surface area contributed by atoms with Crippen LogP contribution in [0.15, 0.2) is 54.8 Å². The van der Waals surface area contributed by atoms with Crippen molar-refractivity contribution in [3.05, 3.63) is 46.1 Å². The number of nitrogens with zero attached hydrogens (tertiary/aromatic N) is 2. The highest BCUT2D eigenvalue weighted by Crippen LogP contribution is 2.25. The van der Waals surface area contributed by atoms with Crippen molar-refractivity contribution in [3.8, 4) is 11.7 Å². The van der Waals surface area contributed by atoms with Crippen LogP contribution in [-0.2, 0) is 4.79 Å². The minimum Gasteiger partial charge on any atom is -0.444 e. The van der Waals surface area contributed by atoms with Gasteiger partial charge >= 0.3 is 6.01 Å². The zero-order valence-electron chi connectivity index (χ0n) is 12.9. The molecule has 130 valence electrons. The molecule has 1 aromatic carbocycles. The van der Waals surface area contributed by atoms with Crippen molar-refractivity contribution in [3.63, 3.8) is 0 Å². The number of carbonyl (C=O) groups is 1. The third kappa shape index (κ3) is 5.35. The van der Waals surface area contributed by atoms with Gasteiger partial charge in [0, 0.05) is 16.3 Å². The molecule has 2 aromatic heterocycles. The SMILES string of the molecule is O=C(CCCSc1ccc(Cl)cc1)Nc1nnc(-c2ccc(Br)o2)o1. The van der Waals surface area contributed by atoms with Crippen LogP contribution in [0.3, 0.4) is 0 Å². The topological polar surface area (TPSA) is 81.2 Å². The van der Waals surface area contributed by atoms with Crippen LogP contribution in [0.2, 0.25) is 5.02 Å². The molecule has 3 aromatic rings. The lowest BCUT2D eigenvalue weighted by Crippen LogP contribution is -2.11. The Bertz CT molecular complexity index is 850. The van der Waals surface area contributed by atoms with E-state index >= 15 is 0 Å². The van der Waals surface area contributed by atoms with E-state index < -0.39 is 0 Å². The van der Waals surface area contributed by atoms with E-state index in [4.69, 9.17) is 20.4 Å². The Morgan fingerprint density at radius 1 is 1.16 bits per heavy atom. The lowest BCUT2D eigenvalue weighted by molar-refractivity contribution is -0.116. The molecular formula is C16H13BrClN3O3S. The van der Waals surface area contributed by atoms with Crippen LogP contribution in [0.25, 0.3) is 11.7 Å². The third-order valence-electron chi connectivity index (χ3n) is 3.09. The lowest BCUT2D eigenvalue weighted by atomic mass is 10.3. The number of halogens is 2. The Morgan fingerprint density at radius 3 is 2.68 bits per heavy atom. The first-order valence-electron chi connectivity index (χ1n) is 7.37. The molecule has 2 heterocycles. The number of aromatic nitrogens is 2. The van der Waals surface area contributed by atoms with Gasteiger partial charge in [-0.25, -0.2) is 0 Å². The average molecular weight is 443 g/mol. The van der Waals surface area contributed by atoms with E-state index in [1.54, 1.807) is 23.9 Å². The number of amides is 1. The van der Waals surface area contributed by atoms with Crippen molar-refractivity contribution >= 4 is 51.2 Å². The average Bonchev–Trinajstić information content (AvgIpc) is 3.22. The fourth-order valence-corrected chi connectivity index (χ4v) is 3.22. The second kappa shape index (κ2) is 8.55. The molecular weight excluding hydrogens is 430 g/mol. The summed E-state index contributed by atoms with van der Waals surface area (Å²) in [7, 11) is 0. The van der Waals surface area contributed by atoms with Crippen molar-refractivity contribution in [2.75, 3.05) is 11.1 Å². The zero-order valence-corrected chi connectivity index (χ0v) is 16.0. The molecule has 3 rings (SSSR count). The van der Waals surface area contributed by atoms with E-state index in [-0.39, 0.29) is 17.8 Å². The van der Waals surface area contributed by atoms with Crippen LogP contribution in [0.4, 0.5) is 6.01 Å². The van der Waals surface area contributed by atoms with Gasteiger partial charge in [0.05, 0.1) is 0 Å². The second-order valence-electron chi connectivity index (χ2n) is 4.97. The summed E-state index contributed by atoms with van der Waals surface area (Å²) >= 11 is 10.7. The molecule has 0 radical (unpaired) electrons. The molecule has 0 spiro atoms. The van der Waals surface area contributed by atoms with Crippen LogP contribution >= 0.6 is 39.3 Å². The van der Waals surface area contributed by atoms with Crippen LogP contribution in [0.5, 0.6) is 0 Å². The van der Waals surface area contributed by atoms with Crippen molar-refractivity contribution in [1.29, 1.82) is 0 Å². The van der Waals surface area contributed by atoms with E-state index in [0.29, 0.717) is 21.9 Å². The first-order chi connectivity index (χ1) is 12.1. The van der Waals surface area contributed by atoms with Crippen molar-refractivity contribution in [1.82, 2.24) is 10.2 Å². The van der Waals surface area contributed by atoms with Gasteiger partial charge in [0.2, 0.25) is 5.91 Å². The number of hydrogen-bond donors (Lipinski definition) is 1. The second-order valence-corrected chi connectivity index (χ2v) is 7.36. The summed E-state index contributed by atoms with van der Waals surface area (Å²) in [5, 5.41) is 10.9. The number of nitrogens with one attached hydrogen (secondary N) is 1. The summed E-state index contributed by atoms with van der Waals surface area (Å²) in [5.74, 6) is 1.29.